The Balaban J connectivity index is 2.23. The number of rotatable bonds is 3. The molecule has 0 aliphatic rings. The lowest BCUT2D eigenvalue weighted by Gasteiger charge is -2.05. The van der Waals surface area contributed by atoms with E-state index in [1.165, 1.54) is 0 Å². The first-order chi connectivity index (χ1) is 9.74. The lowest BCUT2D eigenvalue weighted by molar-refractivity contribution is 0.415. The maximum atomic E-state index is 9.00. The zero-order valence-corrected chi connectivity index (χ0v) is 12.1. The summed E-state index contributed by atoms with van der Waals surface area (Å²) in [7, 11) is 1.66. The number of nitrogens with zero attached hydrogens (tertiary/aromatic N) is 3. The molecule has 2 heterocycles. The molecule has 20 heavy (non-hydrogen) atoms. The fourth-order valence-corrected chi connectivity index (χ4v) is 3.25. The molecule has 0 bridgehead atoms. The van der Waals surface area contributed by atoms with Gasteiger partial charge in [-0.3, -0.25) is 4.40 Å². The molecule has 2 aromatic heterocycles. The fraction of sp³-hybridized carbons (Fsp3) is 0.200. The molecule has 0 saturated carbocycles. The van der Waals surface area contributed by atoms with Crippen LogP contribution in [0.4, 0.5) is 0 Å². The third-order valence-corrected chi connectivity index (χ3v) is 4.10. The van der Waals surface area contributed by atoms with Gasteiger partial charge in [0.15, 0.2) is 4.96 Å². The first kappa shape index (κ1) is 12.7. The second kappa shape index (κ2) is 4.99. The van der Waals surface area contributed by atoms with Gasteiger partial charge < -0.3 is 4.74 Å². The van der Waals surface area contributed by atoms with Crippen LogP contribution in [0.25, 0.3) is 16.2 Å². The summed E-state index contributed by atoms with van der Waals surface area (Å²) in [5.74, 6) is 0.820. The van der Waals surface area contributed by atoms with E-state index in [9.17, 15) is 0 Å². The molecule has 0 saturated heterocycles. The number of aromatic nitrogens is 2. The van der Waals surface area contributed by atoms with Crippen molar-refractivity contribution in [2.75, 3.05) is 7.11 Å². The Hall–Kier alpha value is -2.32. The van der Waals surface area contributed by atoms with Gasteiger partial charge in [0.25, 0.3) is 0 Å². The number of ether oxygens (including phenoxy) is 1. The van der Waals surface area contributed by atoms with Gasteiger partial charge in [0.1, 0.15) is 5.75 Å². The summed E-state index contributed by atoms with van der Waals surface area (Å²) in [4.78, 5) is 5.44. The van der Waals surface area contributed by atoms with Gasteiger partial charge in [-0.15, -0.1) is 11.3 Å². The van der Waals surface area contributed by atoms with E-state index in [4.69, 9.17) is 10.00 Å². The van der Waals surface area contributed by atoms with Crippen molar-refractivity contribution in [1.29, 1.82) is 5.26 Å². The van der Waals surface area contributed by atoms with Crippen molar-refractivity contribution < 1.29 is 4.74 Å². The molecule has 3 rings (SSSR count). The summed E-state index contributed by atoms with van der Waals surface area (Å²) >= 11 is 1.58. The Kier molecular flexibility index (Phi) is 3.17. The van der Waals surface area contributed by atoms with Crippen molar-refractivity contribution in [1.82, 2.24) is 9.38 Å². The molecule has 0 N–H and O–H groups in total. The number of thiazole rings is 1. The summed E-state index contributed by atoms with van der Waals surface area (Å²) in [5.41, 5.74) is 3.99. The molecule has 0 aliphatic heterocycles. The quantitative estimate of drug-likeness (QED) is 0.739. The number of imidazole rings is 1. The van der Waals surface area contributed by atoms with Gasteiger partial charge in [-0.2, -0.15) is 5.26 Å². The van der Waals surface area contributed by atoms with Gasteiger partial charge in [-0.05, 0) is 19.1 Å². The van der Waals surface area contributed by atoms with Gasteiger partial charge in [-0.25, -0.2) is 4.98 Å². The number of hydrogen-bond acceptors (Lipinski definition) is 4. The highest BCUT2D eigenvalue weighted by Crippen LogP contribution is 2.30. The second-order valence-corrected chi connectivity index (χ2v) is 5.29. The predicted octanol–water partition coefficient (Wildman–Crippen LogP) is 3.45. The number of fused-ring (bicyclic) bond motifs is 1. The van der Waals surface area contributed by atoms with Crippen molar-refractivity contribution >= 4 is 16.3 Å². The molecule has 1 aromatic carbocycles. The van der Waals surface area contributed by atoms with Gasteiger partial charge in [0.2, 0.25) is 0 Å². The SMILES string of the molecule is COc1cccc(-c2csc3nc(C)c(CC#N)n23)c1. The molecule has 5 heteroatoms. The molecule has 3 aromatic rings. The maximum absolute atomic E-state index is 9.00. The molecule has 0 aliphatic carbocycles. The zero-order chi connectivity index (χ0) is 14.1. The molecule has 0 fully saturated rings. The number of aryl methyl sites for hydroxylation is 1. The smallest absolute Gasteiger partial charge is 0.194 e. The molecular weight excluding hydrogens is 270 g/mol. The molecule has 4 nitrogen and oxygen atoms in total. The van der Waals surface area contributed by atoms with Crippen LogP contribution >= 0.6 is 11.3 Å². The summed E-state index contributed by atoms with van der Waals surface area (Å²) in [6.45, 7) is 1.95. The molecule has 0 unspecified atom stereocenters. The largest absolute Gasteiger partial charge is 0.497 e. The Morgan fingerprint density at radius 1 is 1.45 bits per heavy atom. The third kappa shape index (κ3) is 1.95. The number of nitriles is 1. The van der Waals surface area contributed by atoms with E-state index in [1.54, 1.807) is 18.4 Å². The van der Waals surface area contributed by atoms with E-state index >= 15 is 0 Å². The summed E-state index contributed by atoms with van der Waals surface area (Å²) in [6, 6.07) is 10.1. The van der Waals surface area contributed by atoms with E-state index in [1.807, 2.05) is 31.2 Å². The minimum Gasteiger partial charge on any atom is -0.497 e. The van der Waals surface area contributed by atoms with Crippen molar-refractivity contribution in [3.8, 4) is 23.1 Å². The van der Waals surface area contributed by atoms with Crippen LogP contribution in [0.5, 0.6) is 5.75 Å². The highest BCUT2D eigenvalue weighted by molar-refractivity contribution is 7.15. The normalized spacial score (nSPS) is 10.7. The molecule has 0 atom stereocenters. The van der Waals surface area contributed by atoms with Crippen molar-refractivity contribution in [2.24, 2.45) is 0 Å². The van der Waals surface area contributed by atoms with Gasteiger partial charge in [0.05, 0.1) is 36.7 Å². The second-order valence-electron chi connectivity index (χ2n) is 4.45. The minimum atomic E-state index is 0.362. The van der Waals surface area contributed by atoms with Crippen LogP contribution in [0.15, 0.2) is 29.6 Å². The van der Waals surface area contributed by atoms with Gasteiger partial charge in [0, 0.05) is 10.9 Å². The van der Waals surface area contributed by atoms with Crippen LogP contribution in [0.2, 0.25) is 0 Å². The van der Waals surface area contributed by atoms with E-state index in [0.29, 0.717) is 6.42 Å². The number of methoxy groups -OCH3 is 1. The molecule has 0 amide bonds. The van der Waals surface area contributed by atoms with Gasteiger partial charge >= 0.3 is 0 Å². The van der Waals surface area contributed by atoms with Gasteiger partial charge in [-0.1, -0.05) is 12.1 Å². The zero-order valence-electron chi connectivity index (χ0n) is 11.3. The summed E-state index contributed by atoms with van der Waals surface area (Å²) in [5, 5.41) is 11.1. The maximum Gasteiger partial charge on any atom is 0.194 e. The summed E-state index contributed by atoms with van der Waals surface area (Å²) in [6.07, 6.45) is 0.362. The minimum absolute atomic E-state index is 0.362. The monoisotopic (exact) mass is 283 g/mol. The van der Waals surface area contributed by atoms with Crippen molar-refractivity contribution in [3.05, 3.63) is 41.0 Å². The molecular formula is C15H13N3OS. The molecule has 100 valence electrons. The van der Waals surface area contributed by atoms with Crippen LogP contribution in [0, 0.1) is 18.3 Å². The lowest BCUT2D eigenvalue weighted by atomic mass is 10.1. The van der Waals surface area contributed by atoms with E-state index in [-0.39, 0.29) is 0 Å². The fourth-order valence-electron chi connectivity index (χ4n) is 2.29. The molecule has 0 radical (unpaired) electrons. The van der Waals surface area contributed by atoms with Crippen LogP contribution in [0.1, 0.15) is 11.4 Å². The Labute approximate surface area is 120 Å². The van der Waals surface area contributed by atoms with Crippen LogP contribution in [0.3, 0.4) is 0 Å². The van der Waals surface area contributed by atoms with Crippen molar-refractivity contribution in [3.63, 3.8) is 0 Å². The summed E-state index contributed by atoms with van der Waals surface area (Å²) < 4.78 is 7.34. The average Bonchev–Trinajstić information content (AvgIpc) is 3.00. The highest BCUT2D eigenvalue weighted by Gasteiger charge is 2.15. The van der Waals surface area contributed by atoms with E-state index in [0.717, 1.165) is 33.4 Å². The van der Waals surface area contributed by atoms with E-state index < -0.39 is 0 Å². The number of hydrogen-bond donors (Lipinski definition) is 0. The first-order valence-electron chi connectivity index (χ1n) is 6.21. The lowest BCUT2D eigenvalue weighted by Crippen LogP contribution is -1.94. The Morgan fingerprint density at radius 2 is 2.30 bits per heavy atom. The van der Waals surface area contributed by atoms with E-state index in [2.05, 4.69) is 20.8 Å². The number of benzene rings is 1. The van der Waals surface area contributed by atoms with Crippen molar-refractivity contribution in [2.45, 2.75) is 13.3 Å². The van der Waals surface area contributed by atoms with Crippen LogP contribution in [-0.4, -0.2) is 16.5 Å². The Morgan fingerprint density at radius 3 is 3.05 bits per heavy atom. The van der Waals surface area contributed by atoms with Crippen LogP contribution < -0.4 is 4.74 Å². The Bertz CT molecular complexity index is 810. The first-order valence-corrected chi connectivity index (χ1v) is 7.09. The average molecular weight is 283 g/mol. The standard InChI is InChI=1S/C15H13N3OS/c1-10-13(6-7-16)18-14(9-20-15(18)17-10)11-4-3-5-12(8-11)19-2/h3-5,8-9H,6H2,1-2H3. The topological polar surface area (TPSA) is 50.3 Å². The third-order valence-electron chi connectivity index (χ3n) is 3.27. The highest BCUT2D eigenvalue weighted by atomic mass is 32.1. The molecule has 0 spiro atoms. The predicted molar refractivity (Wildman–Crippen MR) is 79.1 cm³/mol. The van der Waals surface area contributed by atoms with Crippen LogP contribution in [-0.2, 0) is 6.42 Å².